The van der Waals surface area contributed by atoms with Gasteiger partial charge in [0, 0.05) is 36.9 Å². The fourth-order valence-electron chi connectivity index (χ4n) is 3.62. The van der Waals surface area contributed by atoms with E-state index >= 15 is 0 Å². The standard InChI is InChI=1S/C24H21Cl2N3O2/c25-17-10-11-21(26)20(16-17)23(30)27-22-9-5-4-8-19(22)24(31)29-14-12-28(13-15-29)18-6-2-1-3-7-18/h1-11,16H,12-15H2,(H,27,30). The Bertz CT molecular complexity index is 1100. The van der Waals surface area contributed by atoms with Crippen LogP contribution in [0.3, 0.4) is 0 Å². The number of hydrogen-bond acceptors (Lipinski definition) is 3. The molecule has 3 aromatic carbocycles. The van der Waals surface area contributed by atoms with E-state index in [1.807, 2.05) is 23.1 Å². The number of rotatable bonds is 4. The number of carbonyl (C=O) groups is 2. The van der Waals surface area contributed by atoms with Crippen LogP contribution in [0.2, 0.25) is 10.0 Å². The summed E-state index contributed by atoms with van der Waals surface area (Å²) in [5, 5.41) is 3.52. The van der Waals surface area contributed by atoms with Gasteiger partial charge in [-0.05, 0) is 42.5 Å². The van der Waals surface area contributed by atoms with Gasteiger partial charge in [-0.15, -0.1) is 0 Å². The van der Waals surface area contributed by atoms with Crippen molar-refractivity contribution >= 4 is 46.4 Å². The molecule has 31 heavy (non-hydrogen) atoms. The van der Waals surface area contributed by atoms with Gasteiger partial charge >= 0.3 is 0 Å². The third kappa shape index (κ3) is 4.84. The summed E-state index contributed by atoms with van der Waals surface area (Å²) in [5.41, 5.74) is 2.30. The molecule has 0 radical (unpaired) electrons. The van der Waals surface area contributed by atoms with Gasteiger partial charge < -0.3 is 15.1 Å². The number of halogens is 2. The van der Waals surface area contributed by atoms with E-state index < -0.39 is 5.91 Å². The van der Waals surface area contributed by atoms with E-state index in [4.69, 9.17) is 23.2 Å². The van der Waals surface area contributed by atoms with Crippen molar-refractivity contribution in [3.05, 3.63) is 94.0 Å². The third-order valence-corrected chi connectivity index (χ3v) is 5.83. The van der Waals surface area contributed by atoms with Crippen molar-refractivity contribution in [1.29, 1.82) is 0 Å². The molecular weight excluding hydrogens is 433 g/mol. The summed E-state index contributed by atoms with van der Waals surface area (Å²) in [7, 11) is 0. The first-order valence-electron chi connectivity index (χ1n) is 9.97. The predicted molar refractivity (Wildman–Crippen MR) is 125 cm³/mol. The monoisotopic (exact) mass is 453 g/mol. The fraction of sp³-hybridized carbons (Fsp3) is 0.167. The van der Waals surface area contributed by atoms with Gasteiger partial charge in [0.15, 0.2) is 0 Å². The molecule has 0 bridgehead atoms. The average Bonchev–Trinajstić information content (AvgIpc) is 2.81. The SMILES string of the molecule is O=C(Nc1ccccc1C(=O)N1CCN(c2ccccc2)CC1)c1cc(Cl)ccc1Cl. The molecule has 1 aliphatic rings. The number of para-hydroxylation sites is 2. The van der Waals surface area contributed by atoms with Crippen molar-refractivity contribution in [2.24, 2.45) is 0 Å². The molecule has 3 aromatic rings. The maximum absolute atomic E-state index is 13.2. The summed E-state index contributed by atoms with van der Waals surface area (Å²) in [6, 6.07) is 21.9. The zero-order chi connectivity index (χ0) is 21.8. The van der Waals surface area contributed by atoms with E-state index in [0.717, 1.165) is 18.8 Å². The van der Waals surface area contributed by atoms with Crippen molar-refractivity contribution in [3.63, 3.8) is 0 Å². The molecule has 7 heteroatoms. The van der Waals surface area contributed by atoms with Gasteiger partial charge in [-0.25, -0.2) is 0 Å². The van der Waals surface area contributed by atoms with E-state index in [2.05, 4.69) is 22.3 Å². The van der Waals surface area contributed by atoms with Crippen LogP contribution >= 0.6 is 23.2 Å². The molecule has 0 atom stereocenters. The highest BCUT2D eigenvalue weighted by Gasteiger charge is 2.24. The van der Waals surface area contributed by atoms with E-state index in [0.29, 0.717) is 34.4 Å². The number of piperazine rings is 1. The molecule has 1 aliphatic heterocycles. The lowest BCUT2D eigenvalue weighted by molar-refractivity contribution is 0.0748. The maximum atomic E-state index is 13.2. The molecule has 0 spiro atoms. The zero-order valence-electron chi connectivity index (χ0n) is 16.7. The number of hydrogen-bond donors (Lipinski definition) is 1. The molecule has 0 unspecified atom stereocenters. The summed E-state index contributed by atoms with van der Waals surface area (Å²) >= 11 is 12.1. The molecule has 5 nitrogen and oxygen atoms in total. The quantitative estimate of drug-likeness (QED) is 0.589. The Kier molecular flexibility index (Phi) is 6.44. The van der Waals surface area contributed by atoms with Crippen molar-refractivity contribution in [3.8, 4) is 0 Å². The highest BCUT2D eigenvalue weighted by atomic mass is 35.5. The summed E-state index contributed by atoms with van der Waals surface area (Å²) in [6.45, 7) is 2.72. The van der Waals surface area contributed by atoms with E-state index in [1.165, 1.54) is 6.07 Å². The molecule has 1 N–H and O–H groups in total. The lowest BCUT2D eigenvalue weighted by Crippen LogP contribution is -2.48. The summed E-state index contributed by atoms with van der Waals surface area (Å²) in [5.74, 6) is -0.526. The summed E-state index contributed by atoms with van der Waals surface area (Å²) in [6.07, 6.45) is 0. The topological polar surface area (TPSA) is 52.7 Å². The van der Waals surface area contributed by atoms with Crippen molar-refractivity contribution in [1.82, 2.24) is 4.90 Å². The van der Waals surface area contributed by atoms with E-state index in [9.17, 15) is 9.59 Å². The Morgan fingerprint density at radius 1 is 0.774 bits per heavy atom. The molecule has 1 saturated heterocycles. The molecule has 158 valence electrons. The highest BCUT2D eigenvalue weighted by Crippen LogP contribution is 2.24. The molecule has 1 heterocycles. The highest BCUT2D eigenvalue weighted by molar-refractivity contribution is 6.36. The number of nitrogens with one attached hydrogen (secondary N) is 1. The van der Waals surface area contributed by atoms with Crippen molar-refractivity contribution in [2.75, 3.05) is 36.4 Å². The maximum Gasteiger partial charge on any atom is 0.257 e. The van der Waals surface area contributed by atoms with Crippen LogP contribution in [-0.2, 0) is 0 Å². The van der Waals surface area contributed by atoms with Crippen LogP contribution in [-0.4, -0.2) is 42.9 Å². The van der Waals surface area contributed by atoms with Gasteiger partial charge in [0.25, 0.3) is 11.8 Å². The van der Waals surface area contributed by atoms with Gasteiger partial charge in [0.2, 0.25) is 0 Å². The normalized spacial score (nSPS) is 13.7. The minimum atomic E-state index is -0.415. The van der Waals surface area contributed by atoms with Gasteiger partial charge in [0.1, 0.15) is 0 Å². The molecule has 0 saturated carbocycles. The Labute approximate surface area is 191 Å². The third-order valence-electron chi connectivity index (χ3n) is 5.27. The van der Waals surface area contributed by atoms with E-state index in [1.54, 1.807) is 36.4 Å². The van der Waals surface area contributed by atoms with Crippen LogP contribution in [0.15, 0.2) is 72.8 Å². The lowest BCUT2D eigenvalue weighted by Gasteiger charge is -2.36. The van der Waals surface area contributed by atoms with Crippen LogP contribution in [0, 0.1) is 0 Å². The smallest absolute Gasteiger partial charge is 0.257 e. The van der Waals surface area contributed by atoms with Gasteiger partial charge in [-0.2, -0.15) is 0 Å². The van der Waals surface area contributed by atoms with Gasteiger partial charge in [-0.1, -0.05) is 53.5 Å². The summed E-state index contributed by atoms with van der Waals surface area (Å²) < 4.78 is 0. The molecule has 2 amide bonds. The number of carbonyl (C=O) groups excluding carboxylic acids is 2. The Balaban J connectivity index is 1.48. The first kappa shape index (κ1) is 21.2. The van der Waals surface area contributed by atoms with Gasteiger partial charge in [-0.3, -0.25) is 9.59 Å². The molecule has 4 rings (SSSR count). The first-order valence-corrected chi connectivity index (χ1v) is 10.7. The minimum Gasteiger partial charge on any atom is -0.368 e. The van der Waals surface area contributed by atoms with Crippen LogP contribution in [0.1, 0.15) is 20.7 Å². The van der Waals surface area contributed by atoms with E-state index in [-0.39, 0.29) is 11.5 Å². The number of benzene rings is 3. The Morgan fingerprint density at radius 3 is 2.19 bits per heavy atom. The number of anilines is 2. The van der Waals surface area contributed by atoms with Crippen LogP contribution in [0.25, 0.3) is 0 Å². The lowest BCUT2D eigenvalue weighted by atomic mass is 10.1. The fourth-order valence-corrected chi connectivity index (χ4v) is 3.99. The average molecular weight is 454 g/mol. The van der Waals surface area contributed by atoms with Crippen LogP contribution in [0.5, 0.6) is 0 Å². The second-order valence-corrected chi connectivity index (χ2v) is 8.08. The Morgan fingerprint density at radius 2 is 1.45 bits per heavy atom. The largest absolute Gasteiger partial charge is 0.368 e. The first-order chi connectivity index (χ1) is 15.0. The van der Waals surface area contributed by atoms with Crippen LogP contribution in [0.4, 0.5) is 11.4 Å². The molecule has 1 fully saturated rings. The molecular formula is C24H21Cl2N3O2. The molecule has 0 aromatic heterocycles. The molecule has 0 aliphatic carbocycles. The second-order valence-electron chi connectivity index (χ2n) is 7.24. The number of amides is 2. The van der Waals surface area contributed by atoms with Crippen molar-refractivity contribution < 1.29 is 9.59 Å². The van der Waals surface area contributed by atoms with Gasteiger partial charge in [0.05, 0.1) is 21.8 Å². The Hall–Kier alpha value is -3.02. The predicted octanol–water partition coefficient (Wildman–Crippen LogP) is 5.21. The number of nitrogens with zero attached hydrogens (tertiary/aromatic N) is 2. The minimum absolute atomic E-state index is 0.110. The van der Waals surface area contributed by atoms with Crippen LogP contribution < -0.4 is 10.2 Å². The van der Waals surface area contributed by atoms with Crippen molar-refractivity contribution in [2.45, 2.75) is 0 Å². The second kappa shape index (κ2) is 9.41. The zero-order valence-corrected chi connectivity index (χ0v) is 18.2. The summed E-state index contributed by atoms with van der Waals surface area (Å²) in [4.78, 5) is 30.0.